The van der Waals surface area contributed by atoms with Gasteiger partial charge in [-0.15, -0.1) is 0 Å². The predicted octanol–water partition coefficient (Wildman–Crippen LogP) is 5.59. The Morgan fingerprint density at radius 3 is 2.41 bits per heavy atom. The highest BCUT2D eigenvalue weighted by Crippen LogP contribution is 2.42. The topological polar surface area (TPSA) is 12.0 Å². The third kappa shape index (κ3) is 5.43. The summed E-state index contributed by atoms with van der Waals surface area (Å²) in [6.07, 6.45) is 11.1. The SMILES string of the molecule is CCCCC1CCC(CNC(C)C)(Cc2ccccc2)CC1. The van der Waals surface area contributed by atoms with E-state index >= 15 is 0 Å². The second-order valence-corrected chi connectivity index (χ2v) is 7.78. The van der Waals surface area contributed by atoms with Crippen LogP contribution in [0.4, 0.5) is 0 Å². The first-order chi connectivity index (χ1) is 10.6. The zero-order valence-electron chi connectivity index (χ0n) is 14.9. The molecule has 1 N–H and O–H groups in total. The van der Waals surface area contributed by atoms with Crippen LogP contribution >= 0.6 is 0 Å². The van der Waals surface area contributed by atoms with Gasteiger partial charge in [-0.25, -0.2) is 0 Å². The van der Waals surface area contributed by atoms with E-state index in [9.17, 15) is 0 Å². The summed E-state index contributed by atoms with van der Waals surface area (Å²) < 4.78 is 0. The zero-order chi connectivity index (χ0) is 15.8. The van der Waals surface area contributed by atoms with Crippen molar-refractivity contribution in [2.45, 2.75) is 78.2 Å². The Morgan fingerprint density at radius 2 is 1.82 bits per heavy atom. The summed E-state index contributed by atoms with van der Waals surface area (Å²) in [6, 6.07) is 11.7. The van der Waals surface area contributed by atoms with Gasteiger partial charge < -0.3 is 5.32 Å². The molecule has 0 atom stereocenters. The van der Waals surface area contributed by atoms with Gasteiger partial charge in [0.25, 0.3) is 0 Å². The van der Waals surface area contributed by atoms with E-state index in [-0.39, 0.29) is 0 Å². The second kappa shape index (κ2) is 8.72. The van der Waals surface area contributed by atoms with Crippen LogP contribution in [-0.4, -0.2) is 12.6 Å². The summed E-state index contributed by atoms with van der Waals surface area (Å²) in [5.41, 5.74) is 1.99. The van der Waals surface area contributed by atoms with Gasteiger partial charge in [-0.05, 0) is 49.0 Å². The first kappa shape index (κ1) is 17.5. The molecule has 0 bridgehead atoms. The van der Waals surface area contributed by atoms with Crippen LogP contribution in [0.1, 0.15) is 71.3 Å². The Bertz CT molecular complexity index is 401. The maximum absolute atomic E-state index is 3.73. The van der Waals surface area contributed by atoms with E-state index in [2.05, 4.69) is 56.4 Å². The molecule has 0 aromatic heterocycles. The Labute approximate surface area is 137 Å². The lowest BCUT2D eigenvalue weighted by Gasteiger charge is -2.41. The quantitative estimate of drug-likeness (QED) is 0.659. The molecule has 1 saturated carbocycles. The minimum Gasteiger partial charge on any atom is -0.314 e. The van der Waals surface area contributed by atoms with Crippen LogP contribution in [0.15, 0.2) is 30.3 Å². The number of hydrogen-bond donors (Lipinski definition) is 1. The van der Waals surface area contributed by atoms with Gasteiger partial charge >= 0.3 is 0 Å². The smallest absolute Gasteiger partial charge is 0.00134 e. The summed E-state index contributed by atoms with van der Waals surface area (Å²) in [5.74, 6) is 0.989. The Balaban J connectivity index is 1.98. The zero-order valence-corrected chi connectivity index (χ0v) is 14.9. The average molecular weight is 302 g/mol. The van der Waals surface area contributed by atoms with E-state index in [4.69, 9.17) is 0 Å². The van der Waals surface area contributed by atoms with Crippen LogP contribution < -0.4 is 5.32 Å². The number of hydrogen-bond acceptors (Lipinski definition) is 1. The highest BCUT2D eigenvalue weighted by Gasteiger charge is 2.35. The molecule has 124 valence electrons. The van der Waals surface area contributed by atoms with Crippen LogP contribution in [0.3, 0.4) is 0 Å². The van der Waals surface area contributed by atoms with Gasteiger partial charge in [0.2, 0.25) is 0 Å². The molecule has 0 heterocycles. The summed E-state index contributed by atoms with van der Waals surface area (Å²) in [4.78, 5) is 0. The fourth-order valence-corrected chi connectivity index (χ4v) is 3.94. The molecule has 0 unspecified atom stereocenters. The molecule has 0 saturated heterocycles. The summed E-state index contributed by atoms with van der Waals surface area (Å²) in [5, 5.41) is 3.73. The van der Waals surface area contributed by atoms with Crippen molar-refractivity contribution in [3.05, 3.63) is 35.9 Å². The Morgan fingerprint density at radius 1 is 1.14 bits per heavy atom. The normalized spacial score (nSPS) is 25.5. The maximum Gasteiger partial charge on any atom is 0.00134 e. The maximum atomic E-state index is 3.73. The predicted molar refractivity (Wildman–Crippen MR) is 97.2 cm³/mol. The van der Waals surface area contributed by atoms with Crippen LogP contribution in [0.2, 0.25) is 0 Å². The molecule has 1 heteroatoms. The molecule has 0 amide bonds. The molecule has 0 spiro atoms. The third-order valence-electron chi connectivity index (χ3n) is 5.44. The minimum absolute atomic E-state index is 0.480. The second-order valence-electron chi connectivity index (χ2n) is 7.78. The number of rotatable bonds is 8. The molecule has 1 aromatic rings. The first-order valence-electron chi connectivity index (χ1n) is 9.41. The van der Waals surface area contributed by atoms with E-state index in [0.717, 1.165) is 5.92 Å². The third-order valence-corrected chi connectivity index (χ3v) is 5.44. The molecule has 1 aromatic carbocycles. The van der Waals surface area contributed by atoms with Crippen molar-refractivity contribution in [2.75, 3.05) is 6.54 Å². The summed E-state index contributed by atoms with van der Waals surface area (Å²) in [6.45, 7) is 8.03. The van der Waals surface area contributed by atoms with Crippen molar-refractivity contribution in [3.63, 3.8) is 0 Å². The molecule has 0 radical (unpaired) electrons. The van der Waals surface area contributed by atoms with Crippen molar-refractivity contribution in [3.8, 4) is 0 Å². The van der Waals surface area contributed by atoms with Crippen LogP contribution in [0.5, 0.6) is 0 Å². The lowest BCUT2D eigenvalue weighted by atomic mass is 9.66. The molecule has 2 rings (SSSR count). The summed E-state index contributed by atoms with van der Waals surface area (Å²) in [7, 11) is 0. The highest BCUT2D eigenvalue weighted by molar-refractivity contribution is 5.17. The highest BCUT2D eigenvalue weighted by atomic mass is 14.9. The minimum atomic E-state index is 0.480. The van der Waals surface area contributed by atoms with Crippen molar-refractivity contribution in [1.29, 1.82) is 0 Å². The molecule has 1 nitrogen and oxygen atoms in total. The molecule has 22 heavy (non-hydrogen) atoms. The van der Waals surface area contributed by atoms with Gasteiger partial charge in [-0.1, -0.05) is 70.4 Å². The lowest BCUT2D eigenvalue weighted by Crippen LogP contribution is -2.41. The molecule has 1 aliphatic rings. The van der Waals surface area contributed by atoms with Gasteiger partial charge in [0.05, 0.1) is 0 Å². The van der Waals surface area contributed by atoms with Crippen LogP contribution in [-0.2, 0) is 6.42 Å². The first-order valence-corrected chi connectivity index (χ1v) is 9.41. The average Bonchev–Trinajstić information content (AvgIpc) is 2.53. The number of unbranched alkanes of at least 4 members (excludes halogenated alkanes) is 1. The van der Waals surface area contributed by atoms with Gasteiger partial charge in [0.15, 0.2) is 0 Å². The Hall–Kier alpha value is -0.820. The van der Waals surface area contributed by atoms with Crippen molar-refractivity contribution < 1.29 is 0 Å². The van der Waals surface area contributed by atoms with Crippen LogP contribution in [0, 0.1) is 11.3 Å². The molecular weight excluding hydrogens is 266 g/mol. The van der Waals surface area contributed by atoms with Crippen molar-refractivity contribution >= 4 is 0 Å². The van der Waals surface area contributed by atoms with E-state index in [0.29, 0.717) is 11.5 Å². The molecule has 1 aliphatic carbocycles. The van der Waals surface area contributed by atoms with Crippen molar-refractivity contribution in [1.82, 2.24) is 5.32 Å². The van der Waals surface area contributed by atoms with E-state index in [1.807, 2.05) is 0 Å². The van der Waals surface area contributed by atoms with E-state index in [1.165, 1.54) is 63.5 Å². The molecule has 1 fully saturated rings. The fourth-order valence-electron chi connectivity index (χ4n) is 3.94. The Kier molecular flexibility index (Phi) is 6.95. The van der Waals surface area contributed by atoms with Gasteiger partial charge in [-0.2, -0.15) is 0 Å². The largest absolute Gasteiger partial charge is 0.314 e. The van der Waals surface area contributed by atoms with E-state index in [1.54, 1.807) is 0 Å². The lowest BCUT2D eigenvalue weighted by molar-refractivity contribution is 0.135. The van der Waals surface area contributed by atoms with Crippen LogP contribution in [0.25, 0.3) is 0 Å². The summed E-state index contributed by atoms with van der Waals surface area (Å²) >= 11 is 0. The standard InChI is InChI=1S/C21H35N/c1-4-5-9-19-12-14-21(15-13-19,17-22-18(2)3)16-20-10-7-6-8-11-20/h6-8,10-11,18-19,22H,4-5,9,12-17H2,1-3H3. The van der Waals surface area contributed by atoms with Gasteiger partial charge in [0, 0.05) is 12.6 Å². The molecular formula is C21H35N. The van der Waals surface area contributed by atoms with Gasteiger partial charge in [0.1, 0.15) is 0 Å². The van der Waals surface area contributed by atoms with Gasteiger partial charge in [-0.3, -0.25) is 0 Å². The molecule has 0 aliphatic heterocycles. The number of nitrogens with one attached hydrogen (secondary N) is 1. The number of benzene rings is 1. The van der Waals surface area contributed by atoms with E-state index < -0.39 is 0 Å². The monoisotopic (exact) mass is 301 g/mol. The van der Waals surface area contributed by atoms with Crippen molar-refractivity contribution in [2.24, 2.45) is 11.3 Å². The fraction of sp³-hybridized carbons (Fsp3) is 0.714.